The molecule has 0 unspecified atom stereocenters. The summed E-state index contributed by atoms with van der Waals surface area (Å²) in [4.78, 5) is 0. The first-order valence-electron chi connectivity index (χ1n) is 9.86. The fourth-order valence-electron chi connectivity index (χ4n) is 3.98. The summed E-state index contributed by atoms with van der Waals surface area (Å²) in [6.07, 6.45) is 0. The summed E-state index contributed by atoms with van der Waals surface area (Å²) in [6, 6.07) is 27.6. The van der Waals surface area contributed by atoms with Gasteiger partial charge in [0.1, 0.15) is 11.4 Å². The standard InChI is InChI=1S/C25H27NO3/c1-24(2,20-10-6-4-7-11-20)26(27)23(19-14-16-22(28-3)17-15-19)25(18-29-25)21-12-8-5-9-13-21/h4-17,23,27H,18H2,1-3H3/t23-,25+/m0/s1. The van der Waals surface area contributed by atoms with Gasteiger partial charge in [-0.05, 0) is 42.7 Å². The SMILES string of the molecule is COc1ccc([C@H](N(O)C(C)(C)c2ccccc2)[C@]2(c3ccccc3)CO2)cc1. The molecule has 1 aliphatic heterocycles. The van der Waals surface area contributed by atoms with Crippen LogP contribution in [0.15, 0.2) is 84.9 Å². The minimum Gasteiger partial charge on any atom is -0.497 e. The number of hydrogen-bond donors (Lipinski definition) is 1. The molecule has 0 amide bonds. The predicted octanol–water partition coefficient (Wildman–Crippen LogP) is 5.29. The highest BCUT2D eigenvalue weighted by Crippen LogP contribution is 2.53. The number of epoxide rings is 1. The van der Waals surface area contributed by atoms with Crippen LogP contribution in [0, 0.1) is 0 Å². The number of ether oxygens (including phenoxy) is 2. The Morgan fingerprint density at radius 2 is 1.48 bits per heavy atom. The smallest absolute Gasteiger partial charge is 0.138 e. The van der Waals surface area contributed by atoms with E-state index in [9.17, 15) is 5.21 Å². The lowest BCUT2D eigenvalue weighted by atomic mass is 9.83. The monoisotopic (exact) mass is 389 g/mol. The maximum Gasteiger partial charge on any atom is 0.138 e. The Bertz CT molecular complexity index is 935. The highest BCUT2D eigenvalue weighted by Gasteiger charge is 2.58. The minimum absolute atomic E-state index is 0.383. The number of nitrogens with zero attached hydrogens (tertiary/aromatic N) is 1. The highest BCUT2D eigenvalue weighted by atomic mass is 16.6. The van der Waals surface area contributed by atoms with E-state index >= 15 is 0 Å². The Labute approximate surface area is 172 Å². The summed E-state index contributed by atoms with van der Waals surface area (Å²) >= 11 is 0. The molecule has 1 fully saturated rings. The normalized spacial score (nSPS) is 19.8. The molecule has 0 saturated carbocycles. The van der Waals surface area contributed by atoms with Gasteiger partial charge in [0.05, 0.1) is 25.3 Å². The molecule has 0 bridgehead atoms. The number of rotatable bonds is 7. The minimum atomic E-state index is -0.625. The molecule has 29 heavy (non-hydrogen) atoms. The zero-order valence-corrected chi connectivity index (χ0v) is 17.1. The summed E-state index contributed by atoms with van der Waals surface area (Å²) in [7, 11) is 1.65. The zero-order valence-electron chi connectivity index (χ0n) is 17.1. The molecule has 4 heteroatoms. The summed E-state index contributed by atoms with van der Waals surface area (Å²) in [5, 5.41) is 13.1. The Morgan fingerprint density at radius 3 is 2.00 bits per heavy atom. The van der Waals surface area contributed by atoms with Crippen molar-refractivity contribution < 1.29 is 14.7 Å². The lowest BCUT2D eigenvalue weighted by Crippen LogP contribution is -2.46. The molecule has 0 aliphatic carbocycles. The van der Waals surface area contributed by atoms with Crippen molar-refractivity contribution in [3.63, 3.8) is 0 Å². The van der Waals surface area contributed by atoms with Gasteiger partial charge in [0.2, 0.25) is 0 Å². The summed E-state index contributed by atoms with van der Waals surface area (Å²) in [5.41, 5.74) is 1.84. The third-order valence-electron chi connectivity index (χ3n) is 5.89. The highest BCUT2D eigenvalue weighted by molar-refractivity contribution is 5.38. The average molecular weight is 389 g/mol. The van der Waals surface area contributed by atoms with Gasteiger partial charge in [-0.25, -0.2) is 0 Å². The van der Waals surface area contributed by atoms with Crippen molar-refractivity contribution in [2.24, 2.45) is 0 Å². The van der Waals surface area contributed by atoms with E-state index in [1.807, 2.05) is 86.6 Å². The maximum absolute atomic E-state index is 11.6. The zero-order chi connectivity index (χ0) is 20.5. The summed E-state index contributed by atoms with van der Waals surface area (Å²) in [6.45, 7) is 4.61. The van der Waals surface area contributed by atoms with E-state index in [0.29, 0.717) is 6.61 Å². The van der Waals surface area contributed by atoms with Crippen molar-refractivity contribution in [1.29, 1.82) is 0 Å². The molecule has 4 rings (SSSR count). The van der Waals surface area contributed by atoms with E-state index in [-0.39, 0.29) is 6.04 Å². The molecule has 3 aromatic rings. The van der Waals surface area contributed by atoms with Gasteiger partial charge in [0.15, 0.2) is 0 Å². The second-order valence-corrected chi connectivity index (χ2v) is 7.99. The molecule has 0 spiro atoms. The molecule has 0 aromatic heterocycles. The quantitative estimate of drug-likeness (QED) is 0.441. The van der Waals surface area contributed by atoms with Crippen molar-refractivity contribution >= 4 is 0 Å². The van der Waals surface area contributed by atoms with Gasteiger partial charge >= 0.3 is 0 Å². The fourth-order valence-corrected chi connectivity index (χ4v) is 3.98. The number of methoxy groups -OCH3 is 1. The maximum atomic E-state index is 11.6. The van der Waals surface area contributed by atoms with Crippen LogP contribution in [0.1, 0.15) is 36.6 Å². The predicted molar refractivity (Wildman–Crippen MR) is 113 cm³/mol. The van der Waals surface area contributed by atoms with Crippen LogP contribution < -0.4 is 4.74 Å². The van der Waals surface area contributed by atoms with Gasteiger partial charge in [0.25, 0.3) is 0 Å². The molecule has 1 heterocycles. The lowest BCUT2D eigenvalue weighted by molar-refractivity contribution is -0.215. The molecular weight excluding hydrogens is 362 g/mol. The first kappa shape index (κ1) is 19.6. The van der Waals surface area contributed by atoms with Crippen LogP contribution in [0.2, 0.25) is 0 Å². The van der Waals surface area contributed by atoms with E-state index < -0.39 is 11.1 Å². The van der Waals surface area contributed by atoms with Crippen molar-refractivity contribution in [2.45, 2.75) is 31.0 Å². The van der Waals surface area contributed by atoms with Gasteiger partial charge in [-0.3, -0.25) is 0 Å². The van der Waals surface area contributed by atoms with Gasteiger partial charge in [-0.1, -0.05) is 72.8 Å². The Hall–Kier alpha value is -2.66. The van der Waals surface area contributed by atoms with Gasteiger partial charge in [-0.2, -0.15) is 5.06 Å². The van der Waals surface area contributed by atoms with Gasteiger partial charge < -0.3 is 14.7 Å². The summed E-state index contributed by atoms with van der Waals surface area (Å²) in [5.74, 6) is 0.782. The molecule has 1 aliphatic rings. The van der Waals surface area contributed by atoms with Crippen LogP contribution in [-0.4, -0.2) is 24.0 Å². The van der Waals surface area contributed by atoms with Crippen molar-refractivity contribution in [2.75, 3.05) is 13.7 Å². The average Bonchev–Trinajstić information content (AvgIpc) is 3.57. The molecule has 1 N–H and O–H groups in total. The van der Waals surface area contributed by atoms with Crippen molar-refractivity contribution in [1.82, 2.24) is 5.06 Å². The molecule has 2 atom stereocenters. The fraction of sp³-hybridized carbons (Fsp3) is 0.280. The molecule has 4 nitrogen and oxygen atoms in total. The Morgan fingerprint density at radius 1 is 0.931 bits per heavy atom. The van der Waals surface area contributed by atoms with Crippen LogP contribution in [0.3, 0.4) is 0 Å². The Kier molecular flexibility index (Phi) is 5.17. The molecule has 150 valence electrons. The van der Waals surface area contributed by atoms with Crippen LogP contribution in [0.25, 0.3) is 0 Å². The van der Waals surface area contributed by atoms with Crippen LogP contribution >= 0.6 is 0 Å². The van der Waals surface area contributed by atoms with Crippen LogP contribution in [0.4, 0.5) is 0 Å². The van der Waals surface area contributed by atoms with Crippen molar-refractivity contribution in [3.05, 3.63) is 102 Å². The first-order valence-corrected chi connectivity index (χ1v) is 9.86. The molecule has 0 radical (unpaired) electrons. The summed E-state index contributed by atoms with van der Waals surface area (Å²) < 4.78 is 11.4. The van der Waals surface area contributed by atoms with E-state index in [1.54, 1.807) is 7.11 Å². The molecular formula is C25H27NO3. The Balaban J connectivity index is 1.80. The second kappa shape index (κ2) is 7.64. The number of hydrogen-bond acceptors (Lipinski definition) is 4. The van der Waals surface area contributed by atoms with E-state index in [1.165, 1.54) is 5.06 Å². The van der Waals surface area contributed by atoms with Crippen LogP contribution in [0.5, 0.6) is 5.75 Å². The van der Waals surface area contributed by atoms with E-state index in [0.717, 1.165) is 22.4 Å². The third kappa shape index (κ3) is 3.55. The van der Waals surface area contributed by atoms with E-state index in [4.69, 9.17) is 9.47 Å². The first-order chi connectivity index (χ1) is 14.0. The van der Waals surface area contributed by atoms with E-state index in [2.05, 4.69) is 12.1 Å². The topological polar surface area (TPSA) is 45.2 Å². The van der Waals surface area contributed by atoms with Crippen molar-refractivity contribution in [3.8, 4) is 5.75 Å². The number of benzene rings is 3. The second-order valence-electron chi connectivity index (χ2n) is 7.99. The molecule has 3 aromatic carbocycles. The van der Waals surface area contributed by atoms with Crippen LogP contribution in [-0.2, 0) is 15.9 Å². The lowest BCUT2D eigenvalue weighted by Gasteiger charge is -2.42. The largest absolute Gasteiger partial charge is 0.497 e. The third-order valence-corrected chi connectivity index (χ3v) is 5.89. The molecule has 1 saturated heterocycles. The van der Waals surface area contributed by atoms with Gasteiger partial charge in [0, 0.05) is 0 Å². The number of hydroxylamine groups is 2. The van der Waals surface area contributed by atoms with Gasteiger partial charge in [-0.15, -0.1) is 0 Å².